The van der Waals surface area contributed by atoms with Gasteiger partial charge in [0, 0.05) is 16.5 Å². The lowest BCUT2D eigenvalue weighted by atomic mass is 10.1. The molecule has 0 radical (unpaired) electrons. The average Bonchev–Trinajstić information content (AvgIpc) is 3.39. The molecule has 0 spiro atoms. The zero-order valence-electron chi connectivity index (χ0n) is 16.0. The topological polar surface area (TPSA) is 91.5 Å². The fourth-order valence-electron chi connectivity index (χ4n) is 3.46. The fraction of sp³-hybridized carbons (Fsp3) is 0.286. The number of sulfonamides is 1. The van der Waals surface area contributed by atoms with E-state index in [1.54, 1.807) is 13.2 Å². The van der Waals surface area contributed by atoms with E-state index < -0.39 is 10.0 Å². The van der Waals surface area contributed by atoms with Gasteiger partial charge in [0.1, 0.15) is 5.01 Å². The van der Waals surface area contributed by atoms with Crippen LogP contribution in [-0.2, 0) is 10.0 Å². The van der Waals surface area contributed by atoms with E-state index in [0.717, 1.165) is 29.2 Å². The van der Waals surface area contributed by atoms with Gasteiger partial charge in [-0.15, -0.1) is 11.3 Å². The van der Waals surface area contributed by atoms with Gasteiger partial charge in [-0.3, -0.25) is 0 Å². The van der Waals surface area contributed by atoms with Gasteiger partial charge in [-0.25, -0.2) is 18.5 Å². The Morgan fingerprint density at radius 1 is 1.07 bits per heavy atom. The molecule has 3 aromatic rings. The van der Waals surface area contributed by atoms with Crippen molar-refractivity contribution in [3.63, 3.8) is 0 Å². The van der Waals surface area contributed by atoms with E-state index in [0.29, 0.717) is 17.0 Å². The van der Waals surface area contributed by atoms with Crippen LogP contribution in [0.2, 0.25) is 0 Å². The van der Waals surface area contributed by atoms with Gasteiger partial charge in [-0.1, -0.05) is 12.1 Å². The molecule has 2 aromatic carbocycles. The molecule has 1 aliphatic carbocycles. The molecule has 0 saturated heterocycles. The van der Waals surface area contributed by atoms with Crippen molar-refractivity contribution in [3.05, 3.63) is 47.8 Å². The van der Waals surface area contributed by atoms with Crippen molar-refractivity contribution in [2.45, 2.75) is 36.7 Å². The minimum atomic E-state index is -3.76. The van der Waals surface area contributed by atoms with Crippen molar-refractivity contribution in [1.82, 2.24) is 4.98 Å². The van der Waals surface area contributed by atoms with Crippen LogP contribution < -0.4 is 14.6 Å². The number of aromatic nitrogens is 1. The predicted molar refractivity (Wildman–Crippen MR) is 114 cm³/mol. The predicted octanol–water partition coefficient (Wildman–Crippen LogP) is 4.45. The minimum Gasteiger partial charge on any atom is -0.493 e. The van der Waals surface area contributed by atoms with Crippen LogP contribution >= 0.6 is 11.3 Å². The molecular weight excluding hydrogens is 408 g/mol. The third kappa shape index (κ3) is 4.44. The Labute approximate surface area is 174 Å². The number of ether oxygens (including phenoxy) is 2. The number of hydrogen-bond acceptors (Lipinski definition) is 6. The maximum atomic E-state index is 11.6. The standard InChI is InChI=1S/C21H22N2O4S2/c1-26-19-10-9-15(12-20(19)27-16-6-2-3-7-16)21-23-18(13-28-21)14-5-4-8-17(11-14)29(22,24)25/h4-5,8-13,16H,2-3,6-7H2,1H3,(H2,22,24,25). The Kier molecular flexibility index (Phi) is 5.58. The lowest BCUT2D eigenvalue weighted by Gasteiger charge is -2.16. The Morgan fingerprint density at radius 3 is 2.59 bits per heavy atom. The third-order valence-electron chi connectivity index (χ3n) is 4.97. The summed E-state index contributed by atoms with van der Waals surface area (Å²) in [6.45, 7) is 0. The minimum absolute atomic E-state index is 0.0706. The third-order valence-corrected chi connectivity index (χ3v) is 6.77. The van der Waals surface area contributed by atoms with Crippen molar-refractivity contribution in [1.29, 1.82) is 0 Å². The van der Waals surface area contributed by atoms with E-state index in [9.17, 15) is 8.42 Å². The molecule has 1 saturated carbocycles. The van der Waals surface area contributed by atoms with Gasteiger partial charge < -0.3 is 9.47 Å². The van der Waals surface area contributed by atoms with Crippen molar-refractivity contribution in [2.75, 3.05) is 7.11 Å². The molecule has 2 N–H and O–H groups in total. The summed E-state index contributed by atoms with van der Waals surface area (Å²) in [5, 5.41) is 7.96. The van der Waals surface area contributed by atoms with Gasteiger partial charge in [0.25, 0.3) is 0 Å². The highest BCUT2D eigenvalue weighted by molar-refractivity contribution is 7.89. The highest BCUT2D eigenvalue weighted by atomic mass is 32.2. The van der Waals surface area contributed by atoms with Crippen LogP contribution in [0.1, 0.15) is 25.7 Å². The van der Waals surface area contributed by atoms with Crippen LogP contribution in [0, 0.1) is 0 Å². The normalized spacial score (nSPS) is 14.8. The second-order valence-corrected chi connectivity index (χ2v) is 9.42. The lowest BCUT2D eigenvalue weighted by molar-refractivity contribution is 0.201. The number of methoxy groups -OCH3 is 1. The van der Waals surface area contributed by atoms with Crippen molar-refractivity contribution in [2.24, 2.45) is 5.14 Å². The second-order valence-electron chi connectivity index (χ2n) is 7.00. The molecule has 152 valence electrons. The van der Waals surface area contributed by atoms with Crippen molar-refractivity contribution < 1.29 is 17.9 Å². The Balaban J connectivity index is 1.64. The first-order valence-electron chi connectivity index (χ1n) is 9.38. The van der Waals surface area contributed by atoms with Crippen LogP contribution in [0.5, 0.6) is 11.5 Å². The largest absolute Gasteiger partial charge is 0.493 e. The van der Waals surface area contributed by atoms with Crippen LogP contribution in [0.4, 0.5) is 0 Å². The molecule has 29 heavy (non-hydrogen) atoms. The Bertz CT molecular complexity index is 1120. The number of nitrogens with two attached hydrogens (primary N) is 1. The second kappa shape index (κ2) is 8.14. The van der Waals surface area contributed by atoms with Gasteiger partial charge in [-0.05, 0) is 56.0 Å². The van der Waals surface area contributed by atoms with Crippen molar-refractivity contribution in [3.8, 4) is 33.3 Å². The summed E-state index contributed by atoms with van der Waals surface area (Å²) >= 11 is 1.49. The number of thiazole rings is 1. The molecule has 0 bridgehead atoms. The van der Waals surface area contributed by atoms with E-state index in [1.165, 1.54) is 36.3 Å². The SMILES string of the molecule is COc1ccc(-c2nc(-c3cccc(S(N)(=O)=O)c3)cs2)cc1OC1CCCC1. The first kappa shape index (κ1) is 19.9. The van der Waals surface area contributed by atoms with E-state index in [4.69, 9.17) is 14.6 Å². The van der Waals surface area contributed by atoms with Crippen LogP contribution in [-0.4, -0.2) is 26.6 Å². The molecule has 0 unspecified atom stereocenters. The molecule has 1 aliphatic rings. The molecule has 6 nitrogen and oxygen atoms in total. The number of benzene rings is 2. The zero-order chi connectivity index (χ0) is 20.4. The van der Waals surface area contributed by atoms with Crippen LogP contribution in [0.3, 0.4) is 0 Å². The van der Waals surface area contributed by atoms with Gasteiger partial charge in [-0.2, -0.15) is 0 Å². The highest BCUT2D eigenvalue weighted by Gasteiger charge is 2.19. The molecule has 0 aliphatic heterocycles. The van der Waals surface area contributed by atoms with Crippen LogP contribution in [0.15, 0.2) is 52.7 Å². The molecule has 1 aromatic heterocycles. The van der Waals surface area contributed by atoms with E-state index in [-0.39, 0.29) is 11.0 Å². The first-order chi connectivity index (χ1) is 13.9. The van der Waals surface area contributed by atoms with Gasteiger partial charge >= 0.3 is 0 Å². The zero-order valence-corrected chi connectivity index (χ0v) is 17.6. The Hall–Kier alpha value is -2.42. The van der Waals surface area contributed by atoms with Gasteiger partial charge in [0.15, 0.2) is 11.5 Å². The molecule has 4 rings (SSSR count). The summed E-state index contributed by atoms with van der Waals surface area (Å²) in [5.41, 5.74) is 2.33. The van der Waals surface area contributed by atoms with E-state index >= 15 is 0 Å². The molecule has 0 amide bonds. The maximum absolute atomic E-state index is 11.6. The smallest absolute Gasteiger partial charge is 0.238 e. The monoisotopic (exact) mass is 430 g/mol. The Morgan fingerprint density at radius 2 is 1.86 bits per heavy atom. The molecular formula is C21H22N2O4S2. The summed E-state index contributed by atoms with van der Waals surface area (Å²) in [4.78, 5) is 4.76. The maximum Gasteiger partial charge on any atom is 0.238 e. The first-order valence-corrected chi connectivity index (χ1v) is 11.8. The molecule has 0 atom stereocenters. The molecule has 8 heteroatoms. The summed E-state index contributed by atoms with van der Waals surface area (Å²) in [5.74, 6) is 1.43. The number of rotatable bonds is 6. The number of primary sulfonamides is 1. The van der Waals surface area contributed by atoms with Gasteiger partial charge in [0.2, 0.25) is 10.0 Å². The van der Waals surface area contributed by atoms with E-state index in [1.807, 2.05) is 29.6 Å². The fourth-order valence-corrected chi connectivity index (χ4v) is 4.84. The molecule has 1 heterocycles. The summed E-state index contributed by atoms with van der Waals surface area (Å²) in [6, 6.07) is 12.3. The van der Waals surface area contributed by atoms with Crippen molar-refractivity contribution >= 4 is 21.4 Å². The summed E-state index contributed by atoms with van der Waals surface area (Å²) in [7, 11) is -2.12. The van der Waals surface area contributed by atoms with Gasteiger partial charge in [0.05, 0.1) is 23.8 Å². The highest BCUT2D eigenvalue weighted by Crippen LogP contribution is 2.37. The van der Waals surface area contributed by atoms with Crippen LogP contribution in [0.25, 0.3) is 21.8 Å². The lowest BCUT2D eigenvalue weighted by Crippen LogP contribution is -2.11. The number of hydrogen-bond donors (Lipinski definition) is 1. The summed E-state index contributed by atoms with van der Waals surface area (Å²) in [6.07, 6.45) is 4.75. The number of nitrogens with zero attached hydrogens (tertiary/aromatic N) is 1. The molecule has 1 fully saturated rings. The van der Waals surface area contributed by atoms with E-state index in [2.05, 4.69) is 4.98 Å². The average molecular weight is 431 g/mol. The quantitative estimate of drug-likeness (QED) is 0.624. The summed E-state index contributed by atoms with van der Waals surface area (Å²) < 4.78 is 34.9.